The molecule has 0 saturated heterocycles. The molecule has 2 aromatic carbocycles. The molecular formula is C22H19BrN4O3. The molecule has 0 saturated carbocycles. The molecular weight excluding hydrogens is 448 g/mol. The van der Waals surface area contributed by atoms with E-state index in [0.717, 1.165) is 15.6 Å². The Morgan fingerprint density at radius 1 is 0.967 bits per heavy atom. The fraction of sp³-hybridized carbons (Fsp3) is 0.182. The van der Waals surface area contributed by atoms with Crippen molar-refractivity contribution in [2.24, 2.45) is 5.92 Å². The van der Waals surface area contributed by atoms with E-state index in [9.17, 15) is 4.79 Å². The molecule has 4 aromatic rings. The number of nitrogens with one attached hydrogen (secondary N) is 1. The Kier molecular flexibility index (Phi) is 5.76. The second kappa shape index (κ2) is 8.62. The van der Waals surface area contributed by atoms with E-state index in [-0.39, 0.29) is 17.5 Å². The van der Waals surface area contributed by atoms with Crippen LogP contribution in [0.5, 0.6) is 0 Å². The van der Waals surface area contributed by atoms with Gasteiger partial charge in [0.2, 0.25) is 11.7 Å². The summed E-state index contributed by atoms with van der Waals surface area (Å²) in [5, 5.41) is 10.9. The fourth-order valence-corrected chi connectivity index (χ4v) is 3.19. The van der Waals surface area contributed by atoms with Gasteiger partial charge in [0, 0.05) is 21.7 Å². The molecule has 0 fully saturated rings. The lowest BCUT2D eigenvalue weighted by Gasteiger charge is -2.17. The number of hydrogen-bond acceptors (Lipinski definition) is 6. The lowest BCUT2D eigenvalue weighted by molar-refractivity contribution is 0.0904. The summed E-state index contributed by atoms with van der Waals surface area (Å²) in [7, 11) is 0. The maximum Gasteiger partial charge on any atom is 0.274 e. The van der Waals surface area contributed by atoms with Crippen LogP contribution in [0, 0.1) is 5.92 Å². The molecule has 0 bridgehead atoms. The first kappa shape index (κ1) is 20.0. The van der Waals surface area contributed by atoms with Crippen molar-refractivity contribution in [3.8, 4) is 22.7 Å². The zero-order valence-electron chi connectivity index (χ0n) is 16.4. The second-order valence-electron chi connectivity index (χ2n) is 7.10. The van der Waals surface area contributed by atoms with Gasteiger partial charge in [-0.05, 0) is 18.1 Å². The van der Waals surface area contributed by atoms with Crippen LogP contribution in [0.25, 0.3) is 22.7 Å². The first-order valence-corrected chi connectivity index (χ1v) is 10.2. The quantitative estimate of drug-likeness (QED) is 0.415. The van der Waals surface area contributed by atoms with Crippen molar-refractivity contribution in [1.82, 2.24) is 20.6 Å². The highest BCUT2D eigenvalue weighted by molar-refractivity contribution is 9.10. The topological polar surface area (TPSA) is 94.1 Å². The molecule has 7 nitrogen and oxygen atoms in total. The SMILES string of the molecule is CC(C)C(NC(=O)c1cc(-c2ccc(Br)cc2)on1)c1nc(-c2ccccc2)no1. The van der Waals surface area contributed by atoms with Gasteiger partial charge < -0.3 is 14.4 Å². The van der Waals surface area contributed by atoms with E-state index in [2.05, 4.69) is 36.5 Å². The standard InChI is InChI=1S/C22H19BrN4O3/c1-13(2)19(22-25-20(27-30-22)15-6-4-3-5-7-15)24-21(28)17-12-18(29-26-17)14-8-10-16(23)11-9-14/h3-13,19H,1-2H3,(H,24,28). The van der Waals surface area contributed by atoms with Crippen molar-refractivity contribution >= 4 is 21.8 Å². The highest BCUT2D eigenvalue weighted by Gasteiger charge is 2.26. The fourth-order valence-electron chi connectivity index (χ4n) is 2.93. The van der Waals surface area contributed by atoms with Crippen LogP contribution in [0.2, 0.25) is 0 Å². The monoisotopic (exact) mass is 466 g/mol. The summed E-state index contributed by atoms with van der Waals surface area (Å²) >= 11 is 3.40. The molecule has 1 unspecified atom stereocenters. The number of nitrogens with zero attached hydrogens (tertiary/aromatic N) is 3. The minimum atomic E-state index is -0.463. The van der Waals surface area contributed by atoms with Crippen LogP contribution in [-0.2, 0) is 0 Å². The van der Waals surface area contributed by atoms with Crippen LogP contribution >= 0.6 is 15.9 Å². The van der Waals surface area contributed by atoms with E-state index in [4.69, 9.17) is 9.05 Å². The van der Waals surface area contributed by atoms with Crippen LogP contribution < -0.4 is 5.32 Å². The molecule has 0 aliphatic carbocycles. The molecule has 0 aliphatic rings. The summed E-state index contributed by atoms with van der Waals surface area (Å²) in [4.78, 5) is 17.2. The first-order valence-electron chi connectivity index (χ1n) is 9.44. The molecule has 1 N–H and O–H groups in total. The Labute approximate surface area is 181 Å². The third-order valence-corrected chi connectivity index (χ3v) is 5.09. The third-order valence-electron chi connectivity index (χ3n) is 4.56. The van der Waals surface area contributed by atoms with E-state index in [1.54, 1.807) is 6.07 Å². The minimum absolute atomic E-state index is 0.0240. The molecule has 4 rings (SSSR count). The van der Waals surface area contributed by atoms with Crippen molar-refractivity contribution in [1.29, 1.82) is 0 Å². The summed E-state index contributed by atoms with van der Waals surface area (Å²) < 4.78 is 11.7. The maximum absolute atomic E-state index is 12.8. The van der Waals surface area contributed by atoms with Crippen LogP contribution in [0.4, 0.5) is 0 Å². The van der Waals surface area contributed by atoms with Crippen molar-refractivity contribution in [3.05, 3.63) is 76.7 Å². The average Bonchev–Trinajstić information content (AvgIpc) is 3.43. The van der Waals surface area contributed by atoms with Gasteiger partial charge >= 0.3 is 0 Å². The lowest BCUT2D eigenvalue weighted by Crippen LogP contribution is -2.32. The minimum Gasteiger partial charge on any atom is -0.355 e. The number of benzene rings is 2. The molecule has 0 spiro atoms. The summed E-state index contributed by atoms with van der Waals surface area (Å²) in [6.07, 6.45) is 0. The van der Waals surface area contributed by atoms with Crippen LogP contribution in [0.1, 0.15) is 36.3 Å². The van der Waals surface area contributed by atoms with Crippen LogP contribution in [0.3, 0.4) is 0 Å². The van der Waals surface area contributed by atoms with Gasteiger partial charge in [-0.1, -0.05) is 82.6 Å². The molecule has 2 aromatic heterocycles. The molecule has 1 amide bonds. The number of carbonyl (C=O) groups excluding carboxylic acids is 1. The predicted molar refractivity (Wildman–Crippen MR) is 114 cm³/mol. The number of hydrogen-bond donors (Lipinski definition) is 1. The number of carbonyl (C=O) groups is 1. The van der Waals surface area contributed by atoms with Crippen molar-refractivity contribution in [2.75, 3.05) is 0 Å². The highest BCUT2D eigenvalue weighted by Crippen LogP contribution is 2.25. The molecule has 0 aliphatic heterocycles. The Balaban J connectivity index is 1.52. The van der Waals surface area contributed by atoms with Crippen LogP contribution in [-0.4, -0.2) is 21.2 Å². The molecule has 152 valence electrons. The van der Waals surface area contributed by atoms with Gasteiger partial charge in [-0.3, -0.25) is 4.79 Å². The average molecular weight is 467 g/mol. The van der Waals surface area contributed by atoms with Gasteiger partial charge in [-0.15, -0.1) is 0 Å². The molecule has 0 radical (unpaired) electrons. The van der Waals surface area contributed by atoms with E-state index < -0.39 is 6.04 Å². The van der Waals surface area contributed by atoms with Gasteiger partial charge in [-0.2, -0.15) is 4.98 Å². The van der Waals surface area contributed by atoms with Gasteiger partial charge in [-0.25, -0.2) is 0 Å². The largest absolute Gasteiger partial charge is 0.355 e. The van der Waals surface area contributed by atoms with Crippen molar-refractivity contribution in [2.45, 2.75) is 19.9 Å². The number of halogens is 1. The zero-order valence-corrected chi connectivity index (χ0v) is 18.0. The summed E-state index contributed by atoms with van der Waals surface area (Å²) in [5.74, 6) is 0.979. The van der Waals surface area contributed by atoms with Gasteiger partial charge in [0.05, 0.1) is 0 Å². The van der Waals surface area contributed by atoms with E-state index >= 15 is 0 Å². The first-order chi connectivity index (χ1) is 14.5. The van der Waals surface area contributed by atoms with Gasteiger partial charge in [0.1, 0.15) is 6.04 Å². The smallest absolute Gasteiger partial charge is 0.274 e. The summed E-state index contributed by atoms with van der Waals surface area (Å²) in [5.41, 5.74) is 1.85. The predicted octanol–water partition coefficient (Wildman–Crippen LogP) is 5.28. The number of rotatable bonds is 6. The molecule has 1 atom stereocenters. The Hall–Kier alpha value is -3.26. The Morgan fingerprint density at radius 2 is 1.70 bits per heavy atom. The van der Waals surface area contributed by atoms with E-state index in [1.807, 2.05) is 68.4 Å². The van der Waals surface area contributed by atoms with Crippen molar-refractivity contribution < 1.29 is 13.8 Å². The normalized spacial score (nSPS) is 12.1. The van der Waals surface area contributed by atoms with Gasteiger partial charge in [0.25, 0.3) is 5.91 Å². The number of aromatic nitrogens is 3. The van der Waals surface area contributed by atoms with Crippen LogP contribution in [0.15, 0.2) is 74.2 Å². The molecule has 30 heavy (non-hydrogen) atoms. The number of amides is 1. The van der Waals surface area contributed by atoms with Gasteiger partial charge in [0.15, 0.2) is 11.5 Å². The van der Waals surface area contributed by atoms with E-state index in [1.165, 1.54) is 0 Å². The van der Waals surface area contributed by atoms with E-state index in [0.29, 0.717) is 17.5 Å². The highest BCUT2D eigenvalue weighted by atomic mass is 79.9. The Bertz CT molecular complexity index is 1140. The molecule has 2 heterocycles. The summed E-state index contributed by atoms with van der Waals surface area (Å²) in [6.45, 7) is 3.93. The molecule has 8 heteroatoms. The Morgan fingerprint density at radius 3 is 2.40 bits per heavy atom. The van der Waals surface area contributed by atoms with Crippen molar-refractivity contribution in [3.63, 3.8) is 0 Å². The summed E-state index contributed by atoms with van der Waals surface area (Å²) in [6, 6.07) is 18.2. The second-order valence-corrected chi connectivity index (χ2v) is 8.02. The lowest BCUT2D eigenvalue weighted by atomic mass is 10.0. The third kappa shape index (κ3) is 4.33. The zero-order chi connectivity index (χ0) is 21.1. The maximum atomic E-state index is 12.8.